The molecule has 26 heavy (non-hydrogen) atoms. The third-order valence-electron chi connectivity index (χ3n) is 6.32. The fourth-order valence-corrected chi connectivity index (χ4v) is 3.09. The predicted molar refractivity (Wildman–Crippen MR) is 106 cm³/mol. The fraction of sp³-hybridized carbons (Fsp3) is 0.684. The molecule has 2 aliphatic rings. The molecule has 0 saturated carbocycles. The zero-order valence-electron chi connectivity index (χ0n) is 17.3. The van der Waals surface area contributed by atoms with Gasteiger partial charge in [0.25, 0.3) is 0 Å². The Morgan fingerprint density at radius 2 is 0.962 bits per heavy atom. The van der Waals surface area contributed by atoms with Crippen molar-refractivity contribution in [3.8, 4) is 0 Å². The quantitative estimate of drug-likeness (QED) is 0.834. The molecule has 0 unspecified atom stereocenters. The number of rotatable bonds is 3. The molecular weight excluding hydrogens is 328 g/mol. The van der Waals surface area contributed by atoms with Gasteiger partial charge in [-0.15, -0.1) is 0 Å². The molecule has 2 heterocycles. The highest BCUT2D eigenvalue weighted by Crippen LogP contribution is 2.37. The Balaban J connectivity index is 1.94. The summed E-state index contributed by atoms with van der Waals surface area (Å²) in [5.41, 5.74) is 7.27. The van der Waals surface area contributed by atoms with Gasteiger partial charge >= 0.3 is 14.2 Å². The van der Waals surface area contributed by atoms with Crippen LogP contribution >= 0.6 is 0 Å². The van der Waals surface area contributed by atoms with E-state index in [2.05, 4.69) is 55.4 Å². The molecule has 5 nitrogen and oxygen atoms in total. The Morgan fingerprint density at radius 1 is 0.654 bits per heavy atom. The van der Waals surface area contributed by atoms with Crippen LogP contribution in [-0.2, 0) is 25.2 Å². The molecule has 1 aromatic rings. The van der Waals surface area contributed by atoms with Crippen LogP contribution in [0.25, 0.3) is 0 Å². The van der Waals surface area contributed by atoms with Crippen molar-refractivity contribution in [1.29, 1.82) is 0 Å². The first kappa shape index (κ1) is 19.9. The van der Waals surface area contributed by atoms with E-state index in [0.717, 1.165) is 16.5 Å². The topological polar surface area (TPSA) is 62.9 Å². The van der Waals surface area contributed by atoms with Gasteiger partial charge in [0.1, 0.15) is 0 Å². The molecule has 0 radical (unpaired) electrons. The Labute approximate surface area is 158 Å². The summed E-state index contributed by atoms with van der Waals surface area (Å²) in [5.74, 6) is 0. The van der Waals surface area contributed by atoms with Crippen LogP contribution in [0.3, 0.4) is 0 Å². The first-order valence-electron chi connectivity index (χ1n) is 9.33. The molecule has 0 aromatic heterocycles. The van der Waals surface area contributed by atoms with Crippen LogP contribution in [0.4, 0.5) is 0 Å². The molecule has 0 aliphatic carbocycles. The lowest BCUT2D eigenvalue weighted by Gasteiger charge is -2.32. The SMILES string of the molecule is CC1(C)OB(c2cc(CN)cc(B3OC(C)(C)C(C)(C)O3)c2)OC1(C)C. The maximum atomic E-state index is 6.20. The van der Waals surface area contributed by atoms with E-state index < -0.39 is 14.2 Å². The molecule has 0 spiro atoms. The van der Waals surface area contributed by atoms with E-state index in [9.17, 15) is 0 Å². The fourth-order valence-electron chi connectivity index (χ4n) is 3.09. The minimum absolute atomic E-state index is 0.388. The van der Waals surface area contributed by atoms with Gasteiger partial charge in [-0.1, -0.05) is 18.2 Å². The van der Waals surface area contributed by atoms with E-state index in [0.29, 0.717) is 6.54 Å². The molecule has 0 amide bonds. The van der Waals surface area contributed by atoms with Gasteiger partial charge in [0.15, 0.2) is 0 Å². The molecule has 2 aliphatic heterocycles. The van der Waals surface area contributed by atoms with Crippen LogP contribution < -0.4 is 16.7 Å². The second kappa shape index (κ2) is 6.08. The monoisotopic (exact) mass is 359 g/mol. The second-order valence-corrected chi connectivity index (χ2v) is 9.39. The number of benzene rings is 1. The van der Waals surface area contributed by atoms with E-state index in [1.54, 1.807) is 0 Å². The zero-order valence-corrected chi connectivity index (χ0v) is 17.3. The van der Waals surface area contributed by atoms with Crippen molar-refractivity contribution in [2.75, 3.05) is 0 Å². The van der Waals surface area contributed by atoms with Gasteiger partial charge in [0.05, 0.1) is 22.4 Å². The number of hydrogen-bond donors (Lipinski definition) is 1. The minimum atomic E-state index is -0.437. The summed E-state index contributed by atoms with van der Waals surface area (Å²) < 4.78 is 24.8. The highest BCUT2D eigenvalue weighted by Gasteiger charge is 2.53. The third kappa shape index (κ3) is 3.25. The summed E-state index contributed by atoms with van der Waals surface area (Å²) in [6, 6.07) is 6.12. The lowest BCUT2D eigenvalue weighted by molar-refractivity contribution is 0.00578. The van der Waals surface area contributed by atoms with Gasteiger partial charge in [-0.25, -0.2) is 0 Å². The van der Waals surface area contributed by atoms with Crippen LogP contribution in [-0.4, -0.2) is 36.6 Å². The molecule has 1 aromatic carbocycles. The summed E-state index contributed by atoms with van der Waals surface area (Å²) in [6.07, 6.45) is 0. The van der Waals surface area contributed by atoms with Crippen LogP contribution in [0.5, 0.6) is 0 Å². The van der Waals surface area contributed by atoms with Crippen LogP contribution in [0, 0.1) is 0 Å². The van der Waals surface area contributed by atoms with E-state index in [-0.39, 0.29) is 22.4 Å². The minimum Gasteiger partial charge on any atom is -0.399 e. The number of hydrogen-bond acceptors (Lipinski definition) is 5. The summed E-state index contributed by atoms with van der Waals surface area (Å²) in [4.78, 5) is 0. The van der Waals surface area contributed by atoms with Crippen LogP contribution in [0.1, 0.15) is 61.0 Å². The summed E-state index contributed by atoms with van der Waals surface area (Å²) in [7, 11) is -0.875. The Morgan fingerprint density at radius 3 is 1.23 bits per heavy atom. The smallest absolute Gasteiger partial charge is 0.399 e. The van der Waals surface area contributed by atoms with Crippen molar-refractivity contribution in [3.05, 3.63) is 23.8 Å². The van der Waals surface area contributed by atoms with Gasteiger partial charge in [0.2, 0.25) is 0 Å². The lowest BCUT2D eigenvalue weighted by atomic mass is 9.71. The molecule has 0 bridgehead atoms. The van der Waals surface area contributed by atoms with Gasteiger partial charge in [0, 0.05) is 6.54 Å². The average molecular weight is 359 g/mol. The summed E-state index contributed by atoms with van der Waals surface area (Å²) >= 11 is 0. The van der Waals surface area contributed by atoms with Crippen molar-refractivity contribution < 1.29 is 18.6 Å². The van der Waals surface area contributed by atoms with E-state index >= 15 is 0 Å². The van der Waals surface area contributed by atoms with Crippen molar-refractivity contribution in [2.45, 2.75) is 84.3 Å². The highest BCUT2D eigenvalue weighted by molar-refractivity contribution is 6.66. The van der Waals surface area contributed by atoms with Gasteiger partial charge in [-0.05, 0) is 71.9 Å². The maximum Gasteiger partial charge on any atom is 0.494 e. The highest BCUT2D eigenvalue weighted by atomic mass is 16.7. The third-order valence-corrected chi connectivity index (χ3v) is 6.32. The summed E-state index contributed by atoms with van der Waals surface area (Å²) in [5, 5.41) is 0. The Bertz CT molecular complexity index is 617. The standard InChI is InChI=1S/C19H31B2NO4/c1-16(2)17(3,4)24-20(23-16)14-9-13(12-22)10-15(11-14)21-25-18(5,6)19(7,8)26-21/h9-11H,12,22H2,1-8H3. The molecule has 7 heteroatoms. The Kier molecular flexibility index (Phi) is 4.65. The first-order valence-corrected chi connectivity index (χ1v) is 9.33. The van der Waals surface area contributed by atoms with Crippen molar-refractivity contribution in [2.24, 2.45) is 5.73 Å². The van der Waals surface area contributed by atoms with Crippen LogP contribution in [0.2, 0.25) is 0 Å². The molecule has 142 valence electrons. The normalized spacial score (nSPS) is 25.7. The lowest BCUT2D eigenvalue weighted by Crippen LogP contribution is -2.41. The van der Waals surface area contributed by atoms with Crippen molar-refractivity contribution in [3.63, 3.8) is 0 Å². The zero-order chi connectivity index (χ0) is 19.5. The molecule has 0 atom stereocenters. The first-order chi connectivity index (χ1) is 11.8. The van der Waals surface area contributed by atoms with Crippen molar-refractivity contribution >= 4 is 25.2 Å². The molecule has 3 rings (SSSR count). The largest absolute Gasteiger partial charge is 0.494 e. The van der Waals surface area contributed by atoms with E-state index in [1.807, 2.05) is 18.2 Å². The summed E-state index contributed by atoms with van der Waals surface area (Å²) in [6.45, 7) is 16.8. The molecule has 2 N–H and O–H groups in total. The average Bonchev–Trinajstić information content (AvgIpc) is 2.86. The van der Waals surface area contributed by atoms with Gasteiger partial charge < -0.3 is 24.4 Å². The maximum absolute atomic E-state index is 6.20. The van der Waals surface area contributed by atoms with Crippen LogP contribution in [0.15, 0.2) is 18.2 Å². The molecular formula is C19H31B2NO4. The predicted octanol–water partition coefficient (Wildman–Crippen LogP) is 1.74. The van der Waals surface area contributed by atoms with Gasteiger partial charge in [-0.2, -0.15) is 0 Å². The van der Waals surface area contributed by atoms with Crippen molar-refractivity contribution in [1.82, 2.24) is 0 Å². The Hall–Kier alpha value is -0.850. The molecule has 2 fully saturated rings. The second-order valence-electron chi connectivity index (χ2n) is 9.39. The van der Waals surface area contributed by atoms with E-state index in [4.69, 9.17) is 24.4 Å². The van der Waals surface area contributed by atoms with Gasteiger partial charge in [-0.3, -0.25) is 0 Å². The van der Waals surface area contributed by atoms with E-state index in [1.165, 1.54) is 0 Å². The molecule has 2 saturated heterocycles. The number of nitrogens with two attached hydrogens (primary N) is 1.